The molecule has 0 fully saturated rings. The van der Waals surface area contributed by atoms with Crippen LogP contribution in [0.1, 0.15) is 61.7 Å². The molecule has 0 aliphatic heterocycles. The fraction of sp³-hybridized carbons (Fsp3) is 0.133. The van der Waals surface area contributed by atoms with Gasteiger partial charge in [0.2, 0.25) is 0 Å². The van der Waals surface area contributed by atoms with Crippen LogP contribution in [0.3, 0.4) is 0 Å². The molecule has 0 radical (unpaired) electrons. The third-order valence-corrected chi connectivity index (χ3v) is 14.7. The maximum Gasteiger partial charge on any atom is 0.0560 e. The Bertz CT molecular complexity index is 3400. The summed E-state index contributed by atoms with van der Waals surface area (Å²) in [6, 6.07) is 59.5. The molecule has 13 rings (SSSR count). The second-order valence-corrected chi connectivity index (χ2v) is 17.9. The van der Waals surface area contributed by atoms with Crippen LogP contribution >= 0.6 is 0 Å². The van der Waals surface area contributed by atoms with Crippen molar-refractivity contribution in [2.45, 2.75) is 50.6 Å². The lowest BCUT2D eigenvalue weighted by molar-refractivity contribution is 0.639. The molecule has 0 amide bonds. The van der Waals surface area contributed by atoms with Crippen LogP contribution in [0.4, 0.5) is 0 Å². The lowest BCUT2D eigenvalue weighted by Gasteiger charge is -2.27. The van der Waals surface area contributed by atoms with Crippen LogP contribution in [0.2, 0.25) is 0 Å². The van der Waals surface area contributed by atoms with E-state index in [-0.39, 0.29) is 23.9 Å². The van der Waals surface area contributed by atoms with Crippen molar-refractivity contribution >= 4 is 86.7 Å². The van der Waals surface area contributed by atoms with E-state index in [4.69, 9.17) is 0 Å². The molecule has 0 bridgehead atoms. The van der Waals surface area contributed by atoms with Gasteiger partial charge in [-0.15, -0.1) is 0 Å². The standard InChI is InChI=1S/C60H46N2/c1-37(39-25-31-43(32-26-39)61-53-21-7-3-15-47(53)48-16-4-8-22-54(48)61)45-35-29-41-13-12-20-52-57(41)59(45)51-19-11-14-42-30-36-46(60(52)58(42)51)38(2)40-27-33-44(34-28-40)62-55-23-9-5-17-49(55)50-18-6-10-24-56(50)62/h3-31,33,35-38,43-44H,32,34H2,1-2H3. The Hall–Kier alpha value is -7.16. The van der Waals surface area contributed by atoms with Crippen LogP contribution in [0.5, 0.6) is 0 Å². The molecule has 62 heavy (non-hydrogen) atoms. The zero-order valence-electron chi connectivity index (χ0n) is 35.1. The van der Waals surface area contributed by atoms with Gasteiger partial charge in [-0.25, -0.2) is 0 Å². The predicted octanol–water partition coefficient (Wildman–Crippen LogP) is 16.4. The van der Waals surface area contributed by atoms with Crippen LogP contribution < -0.4 is 0 Å². The third kappa shape index (κ3) is 5.10. The van der Waals surface area contributed by atoms with E-state index in [1.807, 2.05) is 0 Å². The van der Waals surface area contributed by atoms with Crippen LogP contribution in [-0.4, -0.2) is 9.13 Å². The molecule has 2 aliphatic rings. The van der Waals surface area contributed by atoms with Crippen LogP contribution in [0.25, 0.3) is 86.7 Å². The molecule has 4 unspecified atom stereocenters. The van der Waals surface area contributed by atoms with Crippen molar-refractivity contribution in [3.8, 4) is 0 Å². The van der Waals surface area contributed by atoms with E-state index < -0.39 is 0 Å². The molecule has 2 aromatic heterocycles. The summed E-state index contributed by atoms with van der Waals surface area (Å²) in [5, 5.41) is 16.2. The average Bonchev–Trinajstić information content (AvgIpc) is 3.86. The fourth-order valence-electron chi connectivity index (χ4n) is 11.8. The summed E-state index contributed by atoms with van der Waals surface area (Å²) in [7, 11) is 0. The second-order valence-electron chi connectivity index (χ2n) is 17.9. The molecule has 9 aromatic carbocycles. The largest absolute Gasteiger partial charge is 0.333 e. The Labute approximate surface area is 361 Å². The van der Waals surface area contributed by atoms with E-state index in [1.54, 1.807) is 0 Å². The van der Waals surface area contributed by atoms with E-state index in [2.05, 4.69) is 217 Å². The molecular weight excluding hydrogens is 749 g/mol. The molecule has 11 aromatic rings. The summed E-state index contributed by atoms with van der Waals surface area (Å²) in [5.41, 5.74) is 10.8. The normalized spacial score (nSPS) is 18.0. The number of benzene rings is 9. The minimum atomic E-state index is 0.233. The maximum atomic E-state index is 2.55. The van der Waals surface area contributed by atoms with Gasteiger partial charge >= 0.3 is 0 Å². The van der Waals surface area contributed by atoms with Crippen molar-refractivity contribution in [3.63, 3.8) is 0 Å². The van der Waals surface area contributed by atoms with E-state index in [0.29, 0.717) is 0 Å². The molecule has 2 nitrogen and oxygen atoms in total. The van der Waals surface area contributed by atoms with Crippen molar-refractivity contribution < 1.29 is 0 Å². The van der Waals surface area contributed by atoms with Crippen molar-refractivity contribution in [2.75, 3.05) is 0 Å². The average molecular weight is 795 g/mol. The topological polar surface area (TPSA) is 9.86 Å². The smallest absolute Gasteiger partial charge is 0.0560 e. The van der Waals surface area contributed by atoms with Gasteiger partial charge in [0.15, 0.2) is 0 Å². The molecule has 2 heterocycles. The quantitative estimate of drug-likeness (QED) is 0.117. The van der Waals surface area contributed by atoms with Gasteiger partial charge in [-0.05, 0) is 102 Å². The Morgan fingerprint density at radius 1 is 0.371 bits per heavy atom. The first-order valence-corrected chi connectivity index (χ1v) is 22.5. The van der Waals surface area contributed by atoms with Gasteiger partial charge in [0.05, 0.1) is 12.1 Å². The third-order valence-electron chi connectivity index (χ3n) is 14.7. The number of hydrogen-bond acceptors (Lipinski definition) is 0. The van der Waals surface area contributed by atoms with Gasteiger partial charge in [0, 0.05) is 55.4 Å². The zero-order chi connectivity index (χ0) is 41.1. The van der Waals surface area contributed by atoms with Crippen LogP contribution in [-0.2, 0) is 0 Å². The highest BCUT2D eigenvalue weighted by molar-refractivity contribution is 6.34. The molecule has 4 atom stereocenters. The van der Waals surface area contributed by atoms with E-state index >= 15 is 0 Å². The minimum Gasteiger partial charge on any atom is -0.333 e. The fourth-order valence-corrected chi connectivity index (χ4v) is 11.8. The Morgan fingerprint density at radius 3 is 1.08 bits per heavy atom. The number of nitrogens with zero attached hydrogens (tertiary/aromatic N) is 2. The second kappa shape index (κ2) is 13.7. The van der Waals surface area contributed by atoms with E-state index in [9.17, 15) is 0 Å². The first-order chi connectivity index (χ1) is 30.6. The highest BCUT2D eigenvalue weighted by atomic mass is 15.0. The Balaban J connectivity index is 0.893. The summed E-state index contributed by atoms with van der Waals surface area (Å²) in [6.07, 6.45) is 16.7. The van der Waals surface area contributed by atoms with Crippen molar-refractivity contribution in [1.29, 1.82) is 0 Å². The molecule has 0 saturated heterocycles. The van der Waals surface area contributed by atoms with Gasteiger partial charge in [-0.1, -0.05) is 184 Å². The molecule has 0 saturated carbocycles. The van der Waals surface area contributed by atoms with Gasteiger partial charge in [0.1, 0.15) is 0 Å². The molecule has 296 valence electrons. The molecule has 2 aliphatic carbocycles. The highest BCUT2D eigenvalue weighted by Gasteiger charge is 2.26. The summed E-state index contributed by atoms with van der Waals surface area (Å²) in [4.78, 5) is 0. The molecule has 0 N–H and O–H groups in total. The molecule has 2 heteroatoms. The summed E-state index contributed by atoms with van der Waals surface area (Å²) in [5.74, 6) is 0.466. The van der Waals surface area contributed by atoms with E-state index in [0.717, 1.165) is 12.8 Å². The molecular formula is C60H46N2. The van der Waals surface area contributed by atoms with E-state index in [1.165, 1.54) is 109 Å². The predicted molar refractivity (Wildman–Crippen MR) is 265 cm³/mol. The monoisotopic (exact) mass is 794 g/mol. The summed E-state index contributed by atoms with van der Waals surface area (Å²) < 4.78 is 5.09. The van der Waals surface area contributed by atoms with Crippen molar-refractivity contribution in [2.24, 2.45) is 0 Å². The molecule has 0 spiro atoms. The summed E-state index contributed by atoms with van der Waals surface area (Å²) >= 11 is 0. The van der Waals surface area contributed by atoms with Gasteiger partial charge in [-0.2, -0.15) is 0 Å². The SMILES string of the molecule is CC(C1=CCC(n2c3ccccc3c3ccccc32)C=C1)c1ccc2cccc3c4c(C(C)C5=CCC(n6c7ccccc7c7ccccc76)C=C5)ccc5cccc(c1c23)c54. The number of hydrogen-bond donors (Lipinski definition) is 0. The lowest BCUT2D eigenvalue weighted by atomic mass is 9.79. The number of allylic oxidation sites excluding steroid dienone is 8. The minimum absolute atomic E-state index is 0.233. The lowest BCUT2D eigenvalue weighted by Crippen LogP contribution is -2.10. The van der Waals surface area contributed by atoms with Crippen LogP contribution in [0, 0.1) is 0 Å². The number of rotatable bonds is 6. The first kappa shape index (κ1) is 35.6. The Kier molecular flexibility index (Phi) is 7.85. The van der Waals surface area contributed by atoms with Gasteiger partial charge < -0.3 is 9.13 Å². The zero-order valence-corrected chi connectivity index (χ0v) is 35.1. The van der Waals surface area contributed by atoms with Crippen LogP contribution in [0.15, 0.2) is 205 Å². The van der Waals surface area contributed by atoms with Gasteiger partial charge in [-0.3, -0.25) is 0 Å². The van der Waals surface area contributed by atoms with Gasteiger partial charge in [0.25, 0.3) is 0 Å². The Morgan fingerprint density at radius 2 is 0.726 bits per heavy atom. The maximum absolute atomic E-state index is 2.55. The number of para-hydroxylation sites is 4. The number of fused-ring (bicyclic) bond motifs is 8. The highest BCUT2D eigenvalue weighted by Crippen LogP contribution is 2.48. The number of aromatic nitrogens is 2. The summed E-state index contributed by atoms with van der Waals surface area (Å²) in [6.45, 7) is 4.83. The van der Waals surface area contributed by atoms with Crippen molar-refractivity contribution in [3.05, 3.63) is 216 Å². The van der Waals surface area contributed by atoms with Crippen molar-refractivity contribution in [1.82, 2.24) is 9.13 Å². The first-order valence-electron chi connectivity index (χ1n) is 22.5.